The second kappa shape index (κ2) is 8.59. The van der Waals surface area contributed by atoms with Crippen LogP contribution in [0.1, 0.15) is 22.4 Å². The lowest BCUT2D eigenvalue weighted by Gasteiger charge is -2.09. The van der Waals surface area contributed by atoms with E-state index in [-0.39, 0.29) is 12.2 Å². The number of carbonyl (C=O) groups excluding carboxylic acids is 1. The normalized spacial score (nSPS) is 10.9. The lowest BCUT2D eigenvalue weighted by Crippen LogP contribution is -2.09. The third-order valence-corrected chi connectivity index (χ3v) is 5.21. The van der Waals surface area contributed by atoms with Crippen LogP contribution in [-0.4, -0.2) is 20.7 Å². The molecule has 5 nitrogen and oxygen atoms in total. The topological polar surface area (TPSA) is 67.8 Å². The molecule has 0 spiro atoms. The van der Waals surface area contributed by atoms with Gasteiger partial charge in [-0.25, -0.2) is 15.0 Å². The second-order valence-corrected chi connectivity index (χ2v) is 7.72. The highest BCUT2D eigenvalue weighted by Crippen LogP contribution is 2.21. The van der Waals surface area contributed by atoms with E-state index in [1.54, 1.807) is 6.20 Å². The van der Waals surface area contributed by atoms with E-state index in [0.717, 1.165) is 28.1 Å². The van der Waals surface area contributed by atoms with Gasteiger partial charge in [0, 0.05) is 29.2 Å². The van der Waals surface area contributed by atoms with Crippen molar-refractivity contribution in [2.75, 3.05) is 5.32 Å². The number of aromatic nitrogens is 3. The predicted molar refractivity (Wildman–Crippen MR) is 120 cm³/mol. The number of Topliss-reactive ketones (excluding diaryl/α,β-unsaturated/α-hetero) is 1. The van der Waals surface area contributed by atoms with E-state index < -0.39 is 0 Å². The van der Waals surface area contributed by atoms with Crippen LogP contribution in [0, 0.1) is 13.8 Å². The van der Waals surface area contributed by atoms with Crippen molar-refractivity contribution in [1.29, 1.82) is 0 Å². The Labute approximate surface area is 180 Å². The number of nitrogens with one attached hydrogen (secondary N) is 1. The van der Waals surface area contributed by atoms with Gasteiger partial charge in [-0.3, -0.25) is 4.79 Å². The minimum absolute atomic E-state index is 0.0836. The fraction of sp³-hybridized carbons (Fsp3) is 0.167. The van der Waals surface area contributed by atoms with Gasteiger partial charge in [0.2, 0.25) is 0 Å². The SMILES string of the molecule is Cc1ccc(CC(=O)Cc2cc3ncc(Nc4ccccc4)nc3nc2C)c(Cl)c1. The Kier molecular flexibility index (Phi) is 5.72. The molecule has 0 saturated carbocycles. The number of aryl methyl sites for hydroxylation is 2. The summed E-state index contributed by atoms with van der Waals surface area (Å²) in [7, 11) is 0. The van der Waals surface area contributed by atoms with Gasteiger partial charge in [-0.2, -0.15) is 0 Å². The minimum Gasteiger partial charge on any atom is -0.339 e. The maximum Gasteiger partial charge on any atom is 0.180 e. The molecular formula is C24H21ClN4O. The third-order valence-electron chi connectivity index (χ3n) is 4.86. The molecule has 6 heteroatoms. The van der Waals surface area contributed by atoms with Crippen LogP contribution < -0.4 is 5.32 Å². The molecule has 2 aromatic carbocycles. The third kappa shape index (κ3) is 4.63. The Bertz CT molecular complexity index is 1220. The van der Waals surface area contributed by atoms with Gasteiger partial charge >= 0.3 is 0 Å². The summed E-state index contributed by atoms with van der Waals surface area (Å²) in [5.74, 6) is 0.707. The van der Waals surface area contributed by atoms with Gasteiger partial charge in [0.05, 0.1) is 6.20 Å². The summed E-state index contributed by atoms with van der Waals surface area (Å²) in [6.45, 7) is 3.86. The highest BCUT2D eigenvalue weighted by Gasteiger charge is 2.13. The molecule has 4 aromatic rings. The Morgan fingerprint density at radius 3 is 2.50 bits per heavy atom. The first-order valence-corrected chi connectivity index (χ1v) is 10.1. The van der Waals surface area contributed by atoms with Crippen molar-refractivity contribution in [3.8, 4) is 0 Å². The number of fused-ring (bicyclic) bond motifs is 1. The van der Waals surface area contributed by atoms with Gasteiger partial charge in [0.1, 0.15) is 11.3 Å². The fourth-order valence-corrected chi connectivity index (χ4v) is 3.57. The van der Waals surface area contributed by atoms with Crippen LogP contribution in [0.5, 0.6) is 0 Å². The molecule has 0 aliphatic rings. The quantitative estimate of drug-likeness (QED) is 0.456. The highest BCUT2D eigenvalue weighted by molar-refractivity contribution is 6.31. The van der Waals surface area contributed by atoms with E-state index in [9.17, 15) is 4.79 Å². The van der Waals surface area contributed by atoms with Gasteiger partial charge in [-0.15, -0.1) is 0 Å². The summed E-state index contributed by atoms with van der Waals surface area (Å²) in [4.78, 5) is 26.2. The second-order valence-electron chi connectivity index (χ2n) is 7.31. The number of nitrogens with zero attached hydrogens (tertiary/aromatic N) is 3. The van der Waals surface area contributed by atoms with E-state index in [4.69, 9.17) is 11.6 Å². The summed E-state index contributed by atoms with van der Waals surface area (Å²) in [6.07, 6.45) is 2.25. The Morgan fingerprint density at radius 2 is 1.73 bits per heavy atom. The Hall–Kier alpha value is -3.31. The average Bonchev–Trinajstić information content (AvgIpc) is 2.72. The average molecular weight is 417 g/mol. The van der Waals surface area contributed by atoms with Gasteiger partial charge in [0.25, 0.3) is 0 Å². The zero-order valence-electron chi connectivity index (χ0n) is 16.8. The first kappa shape index (κ1) is 20.0. The van der Waals surface area contributed by atoms with E-state index >= 15 is 0 Å². The minimum atomic E-state index is 0.0836. The maximum absolute atomic E-state index is 12.6. The summed E-state index contributed by atoms with van der Waals surface area (Å²) in [5, 5.41) is 3.84. The molecule has 4 rings (SSSR count). The molecule has 0 saturated heterocycles. The molecule has 0 fully saturated rings. The monoisotopic (exact) mass is 416 g/mol. The lowest BCUT2D eigenvalue weighted by molar-refractivity contribution is -0.117. The number of halogens is 1. The van der Waals surface area contributed by atoms with E-state index in [1.165, 1.54) is 0 Å². The molecule has 0 radical (unpaired) electrons. The molecule has 0 atom stereocenters. The van der Waals surface area contributed by atoms with Crippen molar-refractivity contribution >= 4 is 40.1 Å². The molecular weight excluding hydrogens is 396 g/mol. The lowest BCUT2D eigenvalue weighted by atomic mass is 10.0. The van der Waals surface area contributed by atoms with Crippen molar-refractivity contribution in [3.05, 3.63) is 88.2 Å². The molecule has 0 bridgehead atoms. The number of pyridine rings is 1. The van der Waals surface area contributed by atoms with Gasteiger partial charge < -0.3 is 5.32 Å². The van der Waals surface area contributed by atoms with Crippen molar-refractivity contribution < 1.29 is 4.79 Å². The largest absolute Gasteiger partial charge is 0.339 e. The van der Waals surface area contributed by atoms with E-state index in [0.29, 0.717) is 28.4 Å². The number of carbonyl (C=O) groups is 1. The van der Waals surface area contributed by atoms with Crippen molar-refractivity contribution in [1.82, 2.24) is 15.0 Å². The van der Waals surface area contributed by atoms with Gasteiger partial charge in [-0.1, -0.05) is 41.9 Å². The Morgan fingerprint density at radius 1 is 0.967 bits per heavy atom. The molecule has 30 heavy (non-hydrogen) atoms. The van der Waals surface area contributed by atoms with Crippen molar-refractivity contribution in [2.24, 2.45) is 0 Å². The number of ketones is 1. The Balaban J connectivity index is 1.52. The molecule has 0 unspecified atom stereocenters. The molecule has 0 amide bonds. The molecule has 2 heterocycles. The summed E-state index contributed by atoms with van der Waals surface area (Å²) < 4.78 is 0. The van der Waals surface area contributed by atoms with Crippen LogP contribution in [0.2, 0.25) is 5.02 Å². The molecule has 0 aliphatic carbocycles. The first-order chi connectivity index (χ1) is 14.5. The molecule has 2 aromatic heterocycles. The van der Waals surface area contributed by atoms with Crippen LogP contribution in [0.15, 0.2) is 60.8 Å². The van der Waals surface area contributed by atoms with Crippen molar-refractivity contribution in [3.63, 3.8) is 0 Å². The van der Waals surface area contributed by atoms with Gasteiger partial charge in [-0.05, 0) is 54.8 Å². The van der Waals surface area contributed by atoms with Crippen LogP contribution in [-0.2, 0) is 17.6 Å². The maximum atomic E-state index is 12.6. The number of rotatable bonds is 6. The van der Waals surface area contributed by atoms with E-state index in [1.807, 2.05) is 68.4 Å². The smallest absolute Gasteiger partial charge is 0.180 e. The van der Waals surface area contributed by atoms with E-state index in [2.05, 4.69) is 20.3 Å². The number of benzene rings is 2. The molecule has 150 valence electrons. The number of hydrogen-bond acceptors (Lipinski definition) is 5. The highest BCUT2D eigenvalue weighted by atomic mass is 35.5. The summed E-state index contributed by atoms with van der Waals surface area (Å²) >= 11 is 6.27. The van der Waals surface area contributed by atoms with Crippen LogP contribution in [0.3, 0.4) is 0 Å². The fourth-order valence-electron chi connectivity index (χ4n) is 3.26. The van der Waals surface area contributed by atoms with Gasteiger partial charge in [0.15, 0.2) is 11.5 Å². The number of hydrogen-bond donors (Lipinski definition) is 1. The van der Waals surface area contributed by atoms with Crippen LogP contribution >= 0.6 is 11.6 Å². The molecule has 0 aliphatic heterocycles. The zero-order valence-corrected chi connectivity index (χ0v) is 17.6. The molecule has 1 N–H and O–H groups in total. The number of para-hydroxylation sites is 1. The standard InChI is InChI=1S/C24H21ClN4O/c1-15-8-9-17(21(25)10-15)11-20(30)12-18-13-22-24(27-16(18)2)29-23(14-26-22)28-19-6-4-3-5-7-19/h3-10,13-14H,11-12H2,1-2H3,(H,27,28,29). The van der Waals surface area contributed by atoms with Crippen LogP contribution in [0.25, 0.3) is 11.2 Å². The summed E-state index contributed by atoms with van der Waals surface area (Å²) in [6, 6.07) is 17.4. The van der Waals surface area contributed by atoms with Crippen molar-refractivity contribution in [2.45, 2.75) is 26.7 Å². The first-order valence-electron chi connectivity index (χ1n) is 9.70. The predicted octanol–water partition coefficient (Wildman–Crippen LogP) is 5.39. The number of anilines is 2. The van der Waals surface area contributed by atoms with Crippen LogP contribution in [0.4, 0.5) is 11.5 Å². The zero-order chi connectivity index (χ0) is 21.1. The summed E-state index contributed by atoms with van der Waals surface area (Å²) in [5.41, 5.74) is 5.69.